The van der Waals surface area contributed by atoms with Gasteiger partial charge in [0.25, 0.3) is 0 Å². The van der Waals surface area contributed by atoms with Crippen LogP contribution in [0.1, 0.15) is 13.8 Å². The predicted molar refractivity (Wildman–Crippen MR) is 211 cm³/mol. The fourth-order valence-corrected chi connectivity index (χ4v) is 11.1. The molecule has 4 fully saturated rings. The molecule has 4 aliphatic rings. The number of rotatable bonds is 7. The summed E-state index contributed by atoms with van der Waals surface area (Å²) in [6, 6.07) is 19.2. The van der Waals surface area contributed by atoms with Crippen molar-refractivity contribution < 1.29 is 67.1 Å². The van der Waals surface area contributed by atoms with Gasteiger partial charge in [-0.1, -0.05) is 11.1 Å². The van der Waals surface area contributed by atoms with E-state index in [1.54, 1.807) is 50.2 Å². The molecule has 0 unspecified atom stereocenters. The van der Waals surface area contributed by atoms with Gasteiger partial charge in [0.1, 0.15) is 0 Å². The number of carboxylic acid groups (broad SMARTS) is 2. The van der Waals surface area contributed by atoms with E-state index in [2.05, 4.69) is 0 Å². The smallest absolute Gasteiger partial charge is 0.0312 e. The molecule has 4 nitrogen and oxygen atoms in total. The van der Waals surface area contributed by atoms with Crippen molar-refractivity contribution in [1.82, 2.24) is 0 Å². The average molecular weight is 947 g/mol. The van der Waals surface area contributed by atoms with Crippen LogP contribution in [0.4, 0.5) is 13.2 Å². The summed E-state index contributed by atoms with van der Waals surface area (Å²) < 4.78 is 42.7. The minimum Gasteiger partial charge on any atom is -0.0312 e. The minimum absolute atomic E-state index is 0. The van der Waals surface area contributed by atoms with E-state index < -0.39 is 32.1 Å². The summed E-state index contributed by atoms with van der Waals surface area (Å²) >= 11 is -2.40. The third-order valence-electron chi connectivity index (χ3n) is 7.28. The van der Waals surface area contributed by atoms with Crippen molar-refractivity contribution >= 4 is 42.7 Å². The summed E-state index contributed by atoms with van der Waals surface area (Å²) in [6.07, 6.45) is 37.5. The normalized spacial score (nSPS) is 16.7. The molecule has 0 spiro atoms. The molecule has 4 saturated carbocycles. The van der Waals surface area contributed by atoms with Gasteiger partial charge < -0.3 is 10.2 Å². The fourth-order valence-electron chi connectivity index (χ4n) is 4.67. The van der Waals surface area contributed by atoms with Gasteiger partial charge in [-0.25, -0.2) is 9.59 Å². The van der Waals surface area contributed by atoms with Gasteiger partial charge >= 0.3 is 180 Å². The van der Waals surface area contributed by atoms with Crippen LogP contribution in [0.15, 0.2) is 96.1 Å². The first-order valence-electron chi connectivity index (χ1n) is 16.7. The van der Waals surface area contributed by atoms with Gasteiger partial charge in [0.2, 0.25) is 0 Å². The summed E-state index contributed by atoms with van der Waals surface area (Å²) in [5.74, 6) is -0.737. The number of halogens is 3. The molecule has 0 heterocycles. The van der Waals surface area contributed by atoms with Gasteiger partial charge in [-0.3, -0.25) is 0 Å². The van der Waals surface area contributed by atoms with Crippen LogP contribution in [0, 0.1) is 145 Å². The maximum absolute atomic E-state index is 13.2. The monoisotopic (exact) mass is 946 g/mol. The first kappa shape index (κ1) is 51.7. The minimum atomic E-state index is -2.40. The molecule has 0 saturated heterocycles. The van der Waals surface area contributed by atoms with Crippen LogP contribution < -0.4 is 10.5 Å². The molecular weight excluding hydrogens is 907 g/mol. The molecule has 2 N–H and O–H groups in total. The molecule has 7 rings (SSSR count). The number of benzene rings is 3. The predicted octanol–water partition coefficient (Wildman–Crippen LogP) is 7.50. The molecule has 3 aromatic rings. The number of allylic oxidation sites excluding steroid dienone is 2. The number of aliphatic carboxylic acids is 2. The number of carboxylic acids is 2. The molecule has 10 heteroatoms. The van der Waals surface area contributed by atoms with Crippen LogP contribution >= 0.6 is 0 Å². The average Bonchev–Trinajstić information content (AvgIpc) is 4.01. The van der Waals surface area contributed by atoms with E-state index in [0.29, 0.717) is 0 Å². The second-order valence-corrected chi connectivity index (χ2v) is 17.7. The van der Waals surface area contributed by atoms with Crippen molar-refractivity contribution in [2.45, 2.75) is 13.8 Å². The first-order chi connectivity index (χ1) is 26.0. The number of hydrogen-bond acceptors (Lipinski definition) is 2. The van der Waals surface area contributed by atoms with E-state index in [1.807, 2.05) is 116 Å². The SMILES string of the molecule is C/C(=C\C(=O)O)[C]1[CH][CH][CH][CH]1.C/C(=C\C(=O)O)[C]1[CH][CH][CH][CH]1.Fc1cc[c]([Sb]([c]2ccc(F)cc2)[c]2ccc(F)cc2)cc1.[CH]1[CH][CH][CH][CH]1.[CH]1[CH][CH][CH][CH]1.[Fe+2].[Fe+2]. The number of hydrogen-bond donors (Lipinski definition) is 2. The van der Waals surface area contributed by atoms with Crippen molar-refractivity contribution in [2.75, 3.05) is 0 Å². The Morgan fingerprint density at radius 1 is 0.429 bits per heavy atom. The summed E-state index contributed by atoms with van der Waals surface area (Å²) in [5, 5.41) is 16.8. The van der Waals surface area contributed by atoms with Gasteiger partial charge in [-0.05, 0) is 129 Å². The largest absolute Gasteiger partial charge is 2.00 e. The van der Waals surface area contributed by atoms with E-state index in [0.717, 1.165) is 33.5 Å². The van der Waals surface area contributed by atoms with Crippen molar-refractivity contribution in [1.29, 1.82) is 0 Å². The molecule has 56 heavy (non-hydrogen) atoms. The zero-order valence-electron chi connectivity index (χ0n) is 30.5. The van der Waals surface area contributed by atoms with E-state index in [1.165, 1.54) is 48.6 Å². The third-order valence-corrected chi connectivity index (χ3v) is 14.3. The van der Waals surface area contributed by atoms with Crippen molar-refractivity contribution in [3.8, 4) is 0 Å². The molecule has 0 bridgehead atoms. The van der Waals surface area contributed by atoms with Crippen molar-refractivity contribution in [3.63, 3.8) is 0 Å². The van der Waals surface area contributed by atoms with E-state index in [4.69, 9.17) is 10.2 Å². The zero-order valence-corrected chi connectivity index (χ0v) is 35.2. The van der Waals surface area contributed by atoms with Crippen LogP contribution in [-0.2, 0) is 43.7 Å². The van der Waals surface area contributed by atoms with Crippen LogP contribution in [0.5, 0.6) is 0 Å². The Balaban J connectivity index is 0.000000389. The topological polar surface area (TPSA) is 74.6 Å². The molecule has 4 aliphatic carbocycles. The van der Waals surface area contributed by atoms with Gasteiger partial charge in [-0.15, -0.1) is 0 Å². The van der Waals surface area contributed by atoms with E-state index in [-0.39, 0.29) is 51.6 Å². The van der Waals surface area contributed by atoms with Gasteiger partial charge in [0, 0.05) is 24.0 Å². The summed E-state index contributed by atoms with van der Waals surface area (Å²) in [5.41, 5.74) is 1.56. The maximum atomic E-state index is 13.2. The first-order valence-corrected chi connectivity index (χ1v) is 20.5. The Hall–Kier alpha value is -2.27. The van der Waals surface area contributed by atoms with E-state index in [9.17, 15) is 22.8 Å². The zero-order chi connectivity index (χ0) is 39.1. The third kappa shape index (κ3) is 20.9. The van der Waals surface area contributed by atoms with E-state index >= 15 is 0 Å². The molecule has 0 aromatic heterocycles. The van der Waals surface area contributed by atoms with Gasteiger partial charge in [0.05, 0.1) is 0 Å². The molecule has 20 radical (unpaired) electrons. The van der Waals surface area contributed by atoms with Crippen LogP contribution in [0.25, 0.3) is 0 Å². The molecule has 0 aliphatic heterocycles. The Morgan fingerprint density at radius 2 is 0.643 bits per heavy atom. The standard InChI is InChI=1S/2C9H9O2.3C6H4F.2C5H5.2Fe.Sb/c2*1-7(6-9(10)11)8-4-2-3-5-8;3*7-6-4-2-1-3-5-6;2*1-2-4-5-3-1;;;/h2*2-6H,1H3,(H,10,11);3*2-5H;2*1-5H;;;/q;;;;;;;2*+2;/b2*7-6+;;;;;;;;. The summed E-state index contributed by atoms with van der Waals surface area (Å²) in [7, 11) is 0. The molecule has 3 aromatic carbocycles. The Bertz CT molecular complexity index is 1400. The van der Waals surface area contributed by atoms with Gasteiger partial charge in [0.15, 0.2) is 0 Å². The molecular formula is C46H40F3Fe2O4Sb+4. The second kappa shape index (κ2) is 29.9. The summed E-state index contributed by atoms with van der Waals surface area (Å²) in [4.78, 5) is 20.5. The molecule has 286 valence electrons. The van der Waals surface area contributed by atoms with Crippen molar-refractivity contribution in [3.05, 3.63) is 241 Å². The fraction of sp³-hybridized carbons (Fsp3) is 0.0435. The quantitative estimate of drug-likeness (QED) is 0.190. The Morgan fingerprint density at radius 3 is 0.839 bits per heavy atom. The van der Waals surface area contributed by atoms with Crippen molar-refractivity contribution in [2.24, 2.45) is 0 Å². The maximum Gasteiger partial charge on any atom is 2.00 e. The Kier molecular flexibility index (Phi) is 27.6. The summed E-state index contributed by atoms with van der Waals surface area (Å²) in [6.45, 7) is 3.56. The van der Waals surface area contributed by atoms with Gasteiger partial charge in [-0.2, -0.15) is 0 Å². The second-order valence-electron chi connectivity index (χ2n) is 11.4. The molecule has 0 atom stereocenters. The number of carbonyl (C=O) groups is 2. The van der Waals surface area contributed by atoms with Crippen LogP contribution in [-0.4, -0.2) is 42.4 Å². The molecule has 0 amide bonds. The van der Waals surface area contributed by atoms with Crippen LogP contribution in [0.3, 0.4) is 0 Å². The van der Waals surface area contributed by atoms with Crippen LogP contribution in [0.2, 0.25) is 0 Å². The Labute approximate surface area is 362 Å².